The molecule has 0 saturated heterocycles. The summed E-state index contributed by atoms with van der Waals surface area (Å²) in [6.45, 7) is 12.6. The Balaban J connectivity index is 1.61. The minimum Gasteiger partial charge on any atom is -0.372 e. The van der Waals surface area contributed by atoms with Gasteiger partial charge in [-0.05, 0) is 63.1 Å². The van der Waals surface area contributed by atoms with Gasteiger partial charge in [0.15, 0.2) is 0 Å². The van der Waals surface area contributed by atoms with Crippen molar-refractivity contribution in [2.45, 2.75) is 27.7 Å². The maximum absolute atomic E-state index is 4.44. The van der Waals surface area contributed by atoms with Crippen LogP contribution in [0.15, 0.2) is 65.1 Å². The van der Waals surface area contributed by atoms with E-state index in [1.807, 2.05) is 12.1 Å². The van der Waals surface area contributed by atoms with Gasteiger partial charge in [-0.3, -0.25) is 0 Å². The molecule has 2 aromatic carbocycles. The van der Waals surface area contributed by atoms with Gasteiger partial charge in [0.25, 0.3) is 5.95 Å². The third-order valence-corrected chi connectivity index (χ3v) is 5.28. The highest BCUT2D eigenvalue weighted by Crippen LogP contribution is 2.15. The van der Waals surface area contributed by atoms with Gasteiger partial charge in [0.05, 0.1) is 12.4 Å². The molecule has 0 aliphatic rings. The lowest BCUT2D eigenvalue weighted by molar-refractivity contribution is 0.866. The average Bonchev–Trinajstić information content (AvgIpc) is 3.28. The molecule has 0 aliphatic carbocycles. The van der Waals surface area contributed by atoms with Gasteiger partial charge in [-0.1, -0.05) is 24.3 Å². The number of nitrogens with zero attached hydrogens (tertiary/aromatic N) is 7. The van der Waals surface area contributed by atoms with Crippen LogP contribution in [-0.4, -0.2) is 53.5 Å². The number of nitrogens with one attached hydrogen (secondary N) is 1. The molecule has 0 saturated carbocycles. The summed E-state index contributed by atoms with van der Waals surface area (Å²) in [7, 11) is 0. The van der Waals surface area contributed by atoms with E-state index in [0.29, 0.717) is 5.95 Å². The van der Waals surface area contributed by atoms with Crippen molar-refractivity contribution in [3.05, 3.63) is 66.0 Å². The number of rotatable bonds is 11. The molecule has 0 atom stereocenters. The normalized spacial score (nSPS) is 11.4. The van der Waals surface area contributed by atoms with E-state index in [9.17, 15) is 0 Å². The standard InChI is InChI=1S/C24H32N8/c1-5-30(6-2)22-13-9-20(10-14-22)17-25-28-24-29-26-19-32(24)27-18-21-11-15-23(16-12-21)31(7-3)8-4/h9-19H,5-8H2,1-4H3,(H,28,29)/b25-17+,27-18+. The van der Waals surface area contributed by atoms with Gasteiger partial charge in [0.2, 0.25) is 0 Å². The fourth-order valence-corrected chi connectivity index (χ4v) is 3.40. The van der Waals surface area contributed by atoms with Crippen LogP contribution in [-0.2, 0) is 0 Å². The van der Waals surface area contributed by atoms with Crippen LogP contribution in [0.4, 0.5) is 17.3 Å². The van der Waals surface area contributed by atoms with Gasteiger partial charge >= 0.3 is 0 Å². The summed E-state index contributed by atoms with van der Waals surface area (Å²) in [4.78, 5) is 4.61. The van der Waals surface area contributed by atoms with Gasteiger partial charge < -0.3 is 9.80 Å². The van der Waals surface area contributed by atoms with E-state index in [1.165, 1.54) is 17.7 Å². The third kappa shape index (κ3) is 5.94. The first-order valence-corrected chi connectivity index (χ1v) is 11.1. The summed E-state index contributed by atoms with van der Waals surface area (Å²) in [6, 6.07) is 16.6. The summed E-state index contributed by atoms with van der Waals surface area (Å²) in [5.41, 5.74) is 7.31. The van der Waals surface area contributed by atoms with E-state index < -0.39 is 0 Å². The van der Waals surface area contributed by atoms with Crippen LogP contribution < -0.4 is 15.2 Å². The molecule has 0 spiro atoms. The summed E-state index contributed by atoms with van der Waals surface area (Å²) in [5, 5.41) is 16.7. The van der Waals surface area contributed by atoms with Gasteiger partial charge in [0, 0.05) is 37.6 Å². The van der Waals surface area contributed by atoms with Crippen molar-refractivity contribution in [1.82, 2.24) is 14.9 Å². The van der Waals surface area contributed by atoms with Gasteiger partial charge in [-0.15, -0.1) is 10.2 Å². The molecule has 0 bridgehead atoms. The smallest absolute Gasteiger partial charge is 0.265 e. The molecule has 3 aromatic rings. The van der Waals surface area contributed by atoms with E-state index in [2.05, 4.69) is 99.7 Å². The first kappa shape index (κ1) is 23.0. The summed E-state index contributed by atoms with van der Waals surface area (Å²) in [6.07, 6.45) is 5.06. The van der Waals surface area contributed by atoms with Gasteiger partial charge in [-0.25, -0.2) is 5.43 Å². The van der Waals surface area contributed by atoms with Crippen molar-refractivity contribution in [2.75, 3.05) is 41.4 Å². The quantitative estimate of drug-likeness (QED) is 0.361. The molecule has 0 fully saturated rings. The minimum absolute atomic E-state index is 0.442. The Morgan fingerprint density at radius 1 is 0.781 bits per heavy atom. The first-order chi connectivity index (χ1) is 15.7. The fraction of sp³-hybridized carbons (Fsp3) is 0.333. The van der Waals surface area contributed by atoms with E-state index in [0.717, 1.165) is 37.3 Å². The Labute approximate surface area is 190 Å². The van der Waals surface area contributed by atoms with Crippen LogP contribution in [0.25, 0.3) is 0 Å². The molecule has 168 valence electrons. The topological polar surface area (TPSA) is 73.9 Å². The van der Waals surface area contributed by atoms with Crippen LogP contribution >= 0.6 is 0 Å². The third-order valence-electron chi connectivity index (χ3n) is 5.28. The summed E-state index contributed by atoms with van der Waals surface area (Å²) < 4.78 is 1.55. The maximum Gasteiger partial charge on any atom is 0.265 e. The van der Waals surface area contributed by atoms with Crippen molar-refractivity contribution in [2.24, 2.45) is 10.2 Å². The second kappa shape index (κ2) is 11.6. The van der Waals surface area contributed by atoms with E-state index in [1.54, 1.807) is 17.1 Å². The van der Waals surface area contributed by atoms with E-state index in [-0.39, 0.29) is 0 Å². The molecule has 32 heavy (non-hydrogen) atoms. The monoisotopic (exact) mass is 432 g/mol. The highest BCUT2D eigenvalue weighted by molar-refractivity contribution is 5.81. The number of hydrogen-bond acceptors (Lipinski definition) is 7. The predicted octanol–water partition coefficient (Wildman–Crippen LogP) is 4.30. The van der Waals surface area contributed by atoms with E-state index >= 15 is 0 Å². The molecule has 3 rings (SSSR count). The number of hydrogen-bond donors (Lipinski definition) is 1. The van der Waals surface area contributed by atoms with Crippen LogP contribution in [0.2, 0.25) is 0 Å². The van der Waals surface area contributed by atoms with Crippen molar-refractivity contribution in [3.63, 3.8) is 0 Å². The van der Waals surface area contributed by atoms with Crippen LogP contribution in [0.1, 0.15) is 38.8 Å². The zero-order chi connectivity index (χ0) is 22.8. The lowest BCUT2D eigenvalue weighted by Gasteiger charge is -2.20. The summed E-state index contributed by atoms with van der Waals surface area (Å²) >= 11 is 0. The summed E-state index contributed by atoms with van der Waals surface area (Å²) in [5.74, 6) is 0.442. The predicted molar refractivity (Wildman–Crippen MR) is 134 cm³/mol. The van der Waals surface area contributed by atoms with E-state index in [4.69, 9.17) is 0 Å². The molecular formula is C24H32N8. The van der Waals surface area contributed by atoms with Crippen LogP contribution in [0.3, 0.4) is 0 Å². The van der Waals surface area contributed by atoms with Crippen LogP contribution in [0, 0.1) is 0 Å². The zero-order valence-electron chi connectivity index (χ0n) is 19.3. The number of aromatic nitrogens is 3. The first-order valence-electron chi connectivity index (χ1n) is 11.1. The number of benzene rings is 2. The maximum atomic E-state index is 4.44. The van der Waals surface area contributed by atoms with Gasteiger partial charge in [-0.2, -0.15) is 14.9 Å². The van der Waals surface area contributed by atoms with Crippen molar-refractivity contribution in [3.8, 4) is 0 Å². The second-order valence-corrected chi connectivity index (χ2v) is 7.14. The Morgan fingerprint density at radius 2 is 1.28 bits per heavy atom. The molecule has 8 heteroatoms. The molecule has 8 nitrogen and oxygen atoms in total. The zero-order valence-corrected chi connectivity index (χ0v) is 19.3. The Hall–Kier alpha value is -3.68. The van der Waals surface area contributed by atoms with Gasteiger partial charge in [0.1, 0.15) is 6.33 Å². The molecule has 1 aromatic heterocycles. The molecule has 0 aliphatic heterocycles. The second-order valence-electron chi connectivity index (χ2n) is 7.14. The number of anilines is 3. The molecule has 1 heterocycles. The number of hydrazone groups is 1. The molecule has 0 amide bonds. The Morgan fingerprint density at radius 3 is 1.78 bits per heavy atom. The molecule has 1 N–H and O–H groups in total. The minimum atomic E-state index is 0.442. The highest BCUT2D eigenvalue weighted by atomic mass is 15.5. The lowest BCUT2D eigenvalue weighted by Crippen LogP contribution is -2.21. The van der Waals surface area contributed by atoms with Crippen molar-refractivity contribution < 1.29 is 0 Å². The van der Waals surface area contributed by atoms with Crippen molar-refractivity contribution in [1.29, 1.82) is 0 Å². The largest absolute Gasteiger partial charge is 0.372 e. The van der Waals surface area contributed by atoms with Crippen LogP contribution in [0.5, 0.6) is 0 Å². The Kier molecular flexibility index (Phi) is 8.36. The fourth-order valence-electron chi connectivity index (χ4n) is 3.40. The van der Waals surface area contributed by atoms with Crippen molar-refractivity contribution >= 4 is 29.8 Å². The molecule has 0 radical (unpaired) electrons. The molecule has 0 unspecified atom stereocenters. The molecular weight excluding hydrogens is 400 g/mol. The SMILES string of the molecule is CCN(CC)c1ccc(/C=N/Nc2nncn2/N=C/c2ccc(N(CC)CC)cc2)cc1. The lowest BCUT2D eigenvalue weighted by atomic mass is 10.2. The highest BCUT2D eigenvalue weighted by Gasteiger charge is 2.03. The average molecular weight is 433 g/mol. The Bertz CT molecular complexity index is 997.